The van der Waals surface area contributed by atoms with Crippen molar-refractivity contribution in [3.63, 3.8) is 0 Å². The van der Waals surface area contributed by atoms with Gasteiger partial charge in [0.15, 0.2) is 0 Å². The summed E-state index contributed by atoms with van der Waals surface area (Å²) in [6, 6.07) is 7.04. The van der Waals surface area contributed by atoms with E-state index in [1.807, 2.05) is 7.05 Å². The SMILES string of the molecule is CCN(CC=C[C@H]1CC[C@H](N(C)C(=O)Oc2ccc(Cl)cc2)CC1)CCO. The first-order valence-corrected chi connectivity index (χ1v) is 10.1. The number of halogens is 1. The van der Waals surface area contributed by atoms with Crippen LogP contribution in [0.2, 0.25) is 5.02 Å². The summed E-state index contributed by atoms with van der Waals surface area (Å²) in [6.07, 6.45) is 8.30. The highest BCUT2D eigenvalue weighted by Crippen LogP contribution is 2.28. The molecule has 0 radical (unpaired) electrons. The molecule has 0 unspecified atom stereocenters. The molecule has 0 saturated heterocycles. The number of carbonyl (C=O) groups excluding carboxylic acids is 1. The van der Waals surface area contributed by atoms with E-state index in [-0.39, 0.29) is 18.7 Å². The summed E-state index contributed by atoms with van der Waals surface area (Å²) >= 11 is 5.85. The van der Waals surface area contributed by atoms with E-state index in [1.54, 1.807) is 29.2 Å². The molecule has 0 bridgehead atoms. The minimum absolute atomic E-state index is 0.200. The number of benzene rings is 1. The molecule has 1 N–H and O–H groups in total. The molecular weight excluding hydrogens is 364 g/mol. The van der Waals surface area contributed by atoms with Crippen molar-refractivity contribution in [2.45, 2.75) is 38.6 Å². The molecule has 150 valence electrons. The maximum absolute atomic E-state index is 12.4. The number of carbonyl (C=O) groups is 1. The van der Waals surface area contributed by atoms with Crippen LogP contribution in [0.5, 0.6) is 5.75 Å². The van der Waals surface area contributed by atoms with Gasteiger partial charge in [0.2, 0.25) is 0 Å². The Labute approximate surface area is 167 Å². The minimum atomic E-state index is -0.320. The summed E-state index contributed by atoms with van der Waals surface area (Å²) in [5.74, 6) is 1.07. The van der Waals surface area contributed by atoms with Gasteiger partial charge in [-0.3, -0.25) is 4.90 Å². The molecule has 0 atom stereocenters. The van der Waals surface area contributed by atoms with E-state index in [1.165, 1.54) is 0 Å². The molecule has 1 amide bonds. The van der Waals surface area contributed by atoms with Gasteiger partial charge in [0.25, 0.3) is 0 Å². The molecule has 1 aromatic rings. The van der Waals surface area contributed by atoms with Gasteiger partial charge in [0.05, 0.1) is 6.61 Å². The maximum atomic E-state index is 12.4. The van der Waals surface area contributed by atoms with Crippen molar-refractivity contribution in [1.29, 1.82) is 0 Å². The Morgan fingerprint density at radius 2 is 1.93 bits per heavy atom. The van der Waals surface area contributed by atoms with Crippen molar-refractivity contribution in [1.82, 2.24) is 9.80 Å². The highest BCUT2D eigenvalue weighted by molar-refractivity contribution is 6.30. The van der Waals surface area contributed by atoms with Gasteiger partial charge in [-0.15, -0.1) is 0 Å². The quantitative estimate of drug-likeness (QED) is 0.671. The van der Waals surface area contributed by atoms with Crippen molar-refractivity contribution < 1.29 is 14.6 Å². The zero-order chi connectivity index (χ0) is 19.6. The van der Waals surface area contributed by atoms with Crippen LogP contribution in [0.25, 0.3) is 0 Å². The Balaban J connectivity index is 1.75. The summed E-state index contributed by atoms with van der Waals surface area (Å²) in [6.45, 7) is 4.84. The van der Waals surface area contributed by atoms with Crippen LogP contribution in [-0.2, 0) is 0 Å². The maximum Gasteiger partial charge on any atom is 0.415 e. The van der Waals surface area contributed by atoms with Crippen LogP contribution in [0.4, 0.5) is 4.79 Å². The molecule has 1 aliphatic rings. The van der Waals surface area contributed by atoms with E-state index in [0.717, 1.165) is 38.8 Å². The third kappa shape index (κ3) is 7.17. The van der Waals surface area contributed by atoms with Crippen molar-refractivity contribution >= 4 is 17.7 Å². The summed E-state index contributed by atoms with van der Waals surface area (Å²) < 4.78 is 5.43. The molecule has 0 aromatic heterocycles. The first-order chi connectivity index (χ1) is 13.0. The molecule has 0 heterocycles. The fraction of sp³-hybridized carbons (Fsp3) is 0.571. The fourth-order valence-corrected chi connectivity index (χ4v) is 3.55. The average molecular weight is 395 g/mol. The minimum Gasteiger partial charge on any atom is -0.410 e. The fourth-order valence-electron chi connectivity index (χ4n) is 3.43. The molecule has 1 saturated carbocycles. The molecule has 0 spiro atoms. The number of nitrogens with zero attached hydrogens (tertiary/aromatic N) is 2. The lowest BCUT2D eigenvalue weighted by Gasteiger charge is -2.33. The lowest BCUT2D eigenvalue weighted by atomic mass is 9.85. The normalized spacial score (nSPS) is 20.2. The van der Waals surface area contributed by atoms with Gasteiger partial charge in [0, 0.05) is 31.2 Å². The van der Waals surface area contributed by atoms with Crippen molar-refractivity contribution in [2.24, 2.45) is 5.92 Å². The highest BCUT2D eigenvalue weighted by Gasteiger charge is 2.26. The van der Waals surface area contributed by atoms with E-state index >= 15 is 0 Å². The standard InChI is InChI=1S/C21H31ClN2O3/c1-3-24(15-16-25)14-4-5-17-6-10-19(11-7-17)23(2)21(26)27-20-12-8-18(22)9-13-20/h4-5,8-9,12-13,17,19,25H,3,6-7,10-11,14-16H2,1-2H3/t17-,19-. The van der Waals surface area contributed by atoms with Gasteiger partial charge < -0.3 is 14.7 Å². The number of likely N-dealkylation sites (N-methyl/N-ethyl adjacent to an activating group) is 1. The zero-order valence-corrected chi connectivity index (χ0v) is 17.1. The number of hydrogen-bond donors (Lipinski definition) is 1. The number of hydrogen-bond acceptors (Lipinski definition) is 4. The first-order valence-electron chi connectivity index (χ1n) is 9.73. The molecule has 6 heteroatoms. The number of aliphatic hydroxyl groups is 1. The van der Waals surface area contributed by atoms with Gasteiger partial charge in [-0.05, 0) is 62.4 Å². The third-order valence-electron chi connectivity index (χ3n) is 5.23. The Kier molecular flexibility index (Phi) is 9.11. The van der Waals surface area contributed by atoms with Gasteiger partial charge >= 0.3 is 6.09 Å². The summed E-state index contributed by atoms with van der Waals surface area (Å²) in [5, 5.41) is 9.65. The van der Waals surface area contributed by atoms with E-state index in [0.29, 0.717) is 23.2 Å². The van der Waals surface area contributed by atoms with Crippen LogP contribution < -0.4 is 4.74 Å². The van der Waals surface area contributed by atoms with Gasteiger partial charge in [-0.1, -0.05) is 30.7 Å². The van der Waals surface area contributed by atoms with Crippen molar-refractivity contribution in [3.05, 3.63) is 41.4 Å². The molecule has 1 fully saturated rings. The number of allylic oxidation sites excluding steroid dienone is 1. The molecule has 2 rings (SSSR count). The number of aliphatic hydroxyl groups excluding tert-OH is 1. The molecular formula is C21H31ClN2O3. The second-order valence-electron chi connectivity index (χ2n) is 7.05. The Morgan fingerprint density at radius 1 is 1.26 bits per heavy atom. The Morgan fingerprint density at radius 3 is 2.52 bits per heavy atom. The van der Waals surface area contributed by atoms with Crippen LogP contribution >= 0.6 is 11.6 Å². The van der Waals surface area contributed by atoms with E-state index in [2.05, 4.69) is 24.0 Å². The van der Waals surface area contributed by atoms with Crippen LogP contribution in [0.1, 0.15) is 32.6 Å². The summed E-state index contributed by atoms with van der Waals surface area (Å²) in [4.78, 5) is 16.3. The first kappa shape index (κ1) is 21.7. The van der Waals surface area contributed by atoms with Crippen LogP contribution in [-0.4, -0.2) is 60.3 Å². The van der Waals surface area contributed by atoms with Gasteiger partial charge in [-0.25, -0.2) is 4.79 Å². The molecule has 0 aliphatic heterocycles. The molecule has 1 aromatic carbocycles. The van der Waals surface area contributed by atoms with Crippen LogP contribution in [0.3, 0.4) is 0 Å². The lowest BCUT2D eigenvalue weighted by Crippen LogP contribution is -2.40. The predicted octanol–water partition coefficient (Wildman–Crippen LogP) is 4.20. The zero-order valence-electron chi connectivity index (χ0n) is 16.3. The second-order valence-corrected chi connectivity index (χ2v) is 7.48. The molecule has 1 aliphatic carbocycles. The Bertz CT molecular complexity index is 598. The molecule has 5 nitrogen and oxygen atoms in total. The summed E-state index contributed by atoms with van der Waals surface area (Å²) in [5.41, 5.74) is 0. The van der Waals surface area contributed by atoms with E-state index < -0.39 is 0 Å². The topological polar surface area (TPSA) is 53.0 Å². The van der Waals surface area contributed by atoms with Crippen molar-refractivity contribution in [3.8, 4) is 5.75 Å². The number of amides is 1. The van der Waals surface area contributed by atoms with Crippen molar-refractivity contribution in [2.75, 3.05) is 33.3 Å². The number of rotatable bonds is 8. The van der Waals surface area contributed by atoms with Crippen LogP contribution in [0, 0.1) is 5.92 Å². The molecule has 27 heavy (non-hydrogen) atoms. The average Bonchev–Trinajstić information content (AvgIpc) is 2.69. The van der Waals surface area contributed by atoms with Gasteiger partial charge in [0.1, 0.15) is 5.75 Å². The monoisotopic (exact) mass is 394 g/mol. The summed E-state index contributed by atoms with van der Waals surface area (Å²) in [7, 11) is 1.81. The Hall–Kier alpha value is -1.56. The largest absolute Gasteiger partial charge is 0.415 e. The highest BCUT2D eigenvalue weighted by atomic mass is 35.5. The van der Waals surface area contributed by atoms with Crippen LogP contribution in [0.15, 0.2) is 36.4 Å². The van der Waals surface area contributed by atoms with Gasteiger partial charge in [-0.2, -0.15) is 0 Å². The smallest absolute Gasteiger partial charge is 0.410 e. The lowest BCUT2D eigenvalue weighted by molar-refractivity contribution is 0.128. The van der Waals surface area contributed by atoms with E-state index in [4.69, 9.17) is 21.4 Å². The van der Waals surface area contributed by atoms with E-state index in [9.17, 15) is 4.79 Å². The predicted molar refractivity (Wildman–Crippen MR) is 109 cm³/mol. The number of ether oxygens (including phenoxy) is 1. The third-order valence-corrected chi connectivity index (χ3v) is 5.48. The second kappa shape index (κ2) is 11.3.